The van der Waals surface area contributed by atoms with Crippen molar-refractivity contribution in [2.24, 2.45) is 0 Å². The molecule has 0 aliphatic carbocycles. The number of piperidine rings is 1. The molecule has 6 heteroatoms. The standard InChI is InChI=1S/C20H19N5S/c1-3-7-15(8-4-1)17-18(25-13-14-26-20(25)23-17)16-9-10-21-19(22-16)24-11-5-2-6-12-24/h1,3-4,7-10,13-14H,2,5-6,11-12H2. The van der Waals surface area contributed by atoms with Crippen LogP contribution in [0, 0.1) is 0 Å². The highest BCUT2D eigenvalue weighted by Crippen LogP contribution is 2.33. The van der Waals surface area contributed by atoms with Gasteiger partial charge >= 0.3 is 0 Å². The lowest BCUT2D eigenvalue weighted by molar-refractivity contribution is 0.568. The van der Waals surface area contributed by atoms with E-state index in [2.05, 4.69) is 38.0 Å². The van der Waals surface area contributed by atoms with Gasteiger partial charge in [-0.25, -0.2) is 15.0 Å². The molecule has 0 bridgehead atoms. The number of fused-ring (bicyclic) bond motifs is 1. The lowest BCUT2D eigenvalue weighted by atomic mass is 10.1. The van der Waals surface area contributed by atoms with E-state index in [0.717, 1.165) is 46.6 Å². The molecule has 4 heterocycles. The molecule has 3 aromatic heterocycles. The summed E-state index contributed by atoms with van der Waals surface area (Å²) in [5.41, 5.74) is 4.04. The first-order valence-electron chi connectivity index (χ1n) is 8.99. The van der Waals surface area contributed by atoms with Crippen LogP contribution >= 0.6 is 11.3 Å². The number of benzene rings is 1. The van der Waals surface area contributed by atoms with E-state index in [1.807, 2.05) is 30.5 Å². The van der Waals surface area contributed by atoms with Crippen LogP contribution in [0.15, 0.2) is 54.2 Å². The molecular formula is C20H19N5S. The van der Waals surface area contributed by atoms with Crippen LogP contribution in [-0.2, 0) is 0 Å². The molecule has 5 nitrogen and oxygen atoms in total. The summed E-state index contributed by atoms with van der Waals surface area (Å²) in [6.45, 7) is 2.07. The summed E-state index contributed by atoms with van der Waals surface area (Å²) in [5.74, 6) is 0.825. The van der Waals surface area contributed by atoms with Crippen LogP contribution in [0.5, 0.6) is 0 Å². The first-order chi connectivity index (χ1) is 12.9. The lowest BCUT2D eigenvalue weighted by Gasteiger charge is -2.26. The Morgan fingerprint density at radius 1 is 0.923 bits per heavy atom. The summed E-state index contributed by atoms with van der Waals surface area (Å²) in [5, 5.41) is 2.06. The normalized spacial score (nSPS) is 14.8. The minimum atomic E-state index is 0.825. The predicted molar refractivity (Wildman–Crippen MR) is 106 cm³/mol. The van der Waals surface area contributed by atoms with Crippen molar-refractivity contribution in [3.63, 3.8) is 0 Å². The van der Waals surface area contributed by atoms with Crippen molar-refractivity contribution >= 4 is 22.2 Å². The van der Waals surface area contributed by atoms with Crippen LogP contribution in [-0.4, -0.2) is 32.4 Å². The lowest BCUT2D eigenvalue weighted by Crippen LogP contribution is -2.31. The topological polar surface area (TPSA) is 46.3 Å². The smallest absolute Gasteiger partial charge is 0.225 e. The highest BCUT2D eigenvalue weighted by molar-refractivity contribution is 7.15. The summed E-state index contributed by atoms with van der Waals surface area (Å²) in [6, 6.07) is 12.3. The summed E-state index contributed by atoms with van der Waals surface area (Å²) < 4.78 is 2.13. The largest absolute Gasteiger partial charge is 0.341 e. The van der Waals surface area contributed by atoms with Gasteiger partial charge in [-0.15, -0.1) is 11.3 Å². The monoisotopic (exact) mass is 361 g/mol. The van der Waals surface area contributed by atoms with Crippen LogP contribution < -0.4 is 4.90 Å². The minimum absolute atomic E-state index is 0.825. The van der Waals surface area contributed by atoms with E-state index in [-0.39, 0.29) is 0 Å². The molecule has 5 rings (SSSR count). The quantitative estimate of drug-likeness (QED) is 0.539. The van der Waals surface area contributed by atoms with Crippen molar-refractivity contribution in [2.75, 3.05) is 18.0 Å². The number of hydrogen-bond donors (Lipinski definition) is 0. The number of imidazole rings is 1. The van der Waals surface area contributed by atoms with E-state index in [1.165, 1.54) is 19.3 Å². The highest BCUT2D eigenvalue weighted by Gasteiger charge is 2.20. The number of nitrogens with zero attached hydrogens (tertiary/aromatic N) is 5. The fraction of sp³-hybridized carbons (Fsp3) is 0.250. The Morgan fingerprint density at radius 2 is 1.77 bits per heavy atom. The maximum Gasteiger partial charge on any atom is 0.225 e. The van der Waals surface area contributed by atoms with Gasteiger partial charge in [-0.2, -0.15) is 0 Å². The van der Waals surface area contributed by atoms with Crippen molar-refractivity contribution in [3.8, 4) is 22.6 Å². The van der Waals surface area contributed by atoms with Crippen LogP contribution in [0.3, 0.4) is 0 Å². The van der Waals surface area contributed by atoms with E-state index in [4.69, 9.17) is 9.97 Å². The van der Waals surface area contributed by atoms with Crippen molar-refractivity contribution in [1.82, 2.24) is 19.4 Å². The first-order valence-corrected chi connectivity index (χ1v) is 9.87. The Balaban J connectivity index is 1.66. The van der Waals surface area contributed by atoms with Gasteiger partial charge in [0.15, 0.2) is 4.96 Å². The second-order valence-corrected chi connectivity index (χ2v) is 7.39. The second kappa shape index (κ2) is 6.53. The Hall–Kier alpha value is -2.73. The Morgan fingerprint density at radius 3 is 2.62 bits per heavy atom. The Bertz CT molecular complexity index is 1030. The molecule has 0 saturated carbocycles. The molecule has 1 saturated heterocycles. The van der Waals surface area contributed by atoms with E-state index in [1.54, 1.807) is 11.3 Å². The summed E-state index contributed by atoms with van der Waals surface area (Å²) in [7, 11) is 0. The minimum Gasteiger partial charge on any atom is -0.341 e. The van der Waals surface area contributed by atoms with Crippen molar-refractivity contribution in [2.45, 2.75) is 19.3 Å². The molecule has 0 amide bonds. The average Bonchev–Trinajstić information content (AvgIpc) is 3.30. The first kappa shape index (κ1) is 15.5. The molecule has 4 aromatic rings. The van der Waals surface area contributed by atoms with Gasteiger partial charge in [0.1, 0.15) is 5.69 Å². The fourth-order valence-electron chi connectivity index (χ4n) is 3.55. The van der Waals surface area contributed by atoms with Gasteiger partial charge in [-0.1, -0.05) is 30.3 Å². The van der Waals surface area contributed by atoms with Gasteiger partial charge in [0, 0.05) is 36.4 Å². The molecule has 0 spiro atoms. The zero-order valence-electron chi connectivity index (χ0n) is 14.4. The fourth-order valence-corrected chi connectivity index (χ4v) is 4.27. The van der Waals surface area contributed by atoms with Gasteiger partial charge in [-0.3, -0.25) is 4.40 Å². The van der Waals surface area contributed by atoms with Crippen LogP contribution in [0.2, 0.25) is 0 Å². The summed E-state index contributed by atoms with van der Waals surface area (Å²) in [4.78, 5) is 17.6. The molecule has 0 radical (unpaired) electrons. The number of thiazole rings is 1. The zero-order valence-corrected chi connectivity index (χ0v) is 15.2. The van der Waals surface area contributed by atoms with E-state index in [9.17, 15) is 0 Å². The van der Waals surface area contributed by atoms with Crippen LogP contribution in [0.1, 0.15) is 19.3 Å². The second-order valence-electron chi connectivity index (χ2n) is 6.52. The third-order valence-electron chi connectivity index (χ3n) is 4.83. The Kier molecular flexibility index (Phi) is 3.90. The van der Waals surface area contributed by atoms with E-state index >= 15 is 0 Å². The van der Waals surface area contributed by atoms with Gasteiger partial charge < -0.3 is 4.90 Å². The molecule has 1 aromatic carbocycles. The predicted octanol–water partition coefficient (Wildman–Crippen LogP) is 4.51. The summed E-state index contributed by atoms with van der Waals surface area (Å²) in [6.07, 6.45) is 7.66. The van der Waals surface area contributed by atoms with Crippen molar-refractivity contribution < 1.29 is 0 Å². The molecule has 130 valence electrons. The maximum absolute atomic E-state index is 4.91. The molecule has 1 aliphatic rings. The van der Waals surface area contributed by atoms with Crippen LogP contribution in [0.4, 0.5) is 5.95 Å². The van der Waals surface area contributed by atoms with Gasteiger partial charge in [0.05, 0.1) is 11.4 Å². The third-order valence-corrected chi connectivity index (χ3v) is 5.59. The number of hydrogen-bond acceptors (Lipinski definition) is 5. The molecule has 26 heavy (non-hydrogen) atoms. The number of aromatic nitrogens is 4. The molecule has 0 N–H and O–H groups in total. The Labute approximate surface area is 156 Å². The van der Waals surface area contributed by atoms with Crippen molar-refractivity contribution in [3.05, 3.63) is 54.2 Å². The van der Waals surface area contributed by atoms with Gasteiger partial charge in [-0.05, 0) is 25.3 Å². The molecule has 1 fully saturated rings. The molecule has 0 atom stereocenters. The van der Waals surface area contributed by atoms with E-state index < -0.39 is 0 Å². The highest BCUT2D eigenvalue weighted by atomic mass is 32.1. The molecule has 0 unspecified atom stereocenters. The van der Waals surface area contributed by atoms with Gasteiger partial charge in [0.25, 0.3) is 0 Å². The molecular weight excluding hydrogens is 342 g/mol. The number of rotatable bonds is 3. The third kappa shape index (κ3) is 2.66. The average molecular weight is 361 g/mol. The van der Waals surface area contributed by atoms with Crippen LogP contribution in [0.25, 0.3) is 27.6 Å². The van der Waals surface area contributed by atoms with E-state index in [0.29, 0.717) is 0 Å². The summed E-state index contributed by atoms with van der Waals surface area (Å²) >= 11 is 1.64. The maximum atomic E-state index is 4.91. The number of anilines is 1. The SMILES string of the molecule is c1ccc(-c2nc3sccn3c2-c2ccnc(N3CCCCC3)n2)cc1. The van der Waals surface area contributed by atoms with Gasteiger partial charge in [0.2, 0.25) is 5.95 Å². The molecule has 1 aliphatic heterocycles. The zero-order chi connectivity index (χ0) is 17.3. The van der Waals surface area contributed by atoms with Crippen molar-refractivity contribution in [1.29, 1.82) is 0 Å².